The molecule has 118 valence electrons. The van der Waals surface area contributed by atoms with E-state index in [4.69, 9.17) is 15.2 Å². The quantitative estimate of drug-likeness (QED) is 0.845. The van der Waals surface area contributed by atoms with E-state index in [2.05, 4.69) is 12.1 Å². The third-order valence-corrected chi connectivity index (χ3v) is 5.67. The fourth-order valence-corrected chi connectivity index (χ4v) is 3.95. The van der Waals surface area contributed by atoms with Crippen LogP contribution in [-0.4, -0.2) is 10.1 Å². The Morgan fingerprint density at radius 1 is 1.10 bits per heavy atom. The molecule has 0 spiro atoms. The van der Waals surface area contributed by atoms with Gasteiger partial charge in [0.15, 0.2) is 5.82 Å². The van der Waals surface area contributed by atoms with E-state index in [0.29, 0.717) is 5.92 Å². The Labute approximate surface area is 127 Å². The third kappa shape index (κ3) is 3.31. The lowest BCUT2D eigenvalue weighted by atomic mass is 9.76. The molecule has 0 amide bonds. The highest BCUT2D eigenvalue weighted by Crippen LogP contribution is 2.38. The molecule has 2 saturated carbocycles. The maximum atomic E-state index is 6.59. The van der Waals surface area contributed by atoms with Crippen LogP contribution in [0.4, 0.5) is 0 Å². The van der Waals surface area contributed by atoms with Crippen molar-refractivity contribution in [1.29, 1.82) is 0 Å². The standard InChI is InChI=1S/C17H29N3O/c1-2-13-9-11-17(18,12-10-13)16-19-15(21-20-16)14-7-5-3-4-6-8-14/h13-14H,2-12,18H2,1H3. The maximum Gasteiger partial charge on any atom is 0.229 e. The second-order valence-corrected chi connectivity index (χ2v) is 7.15. The van der Waals surface area contributed by atoms with Crippen LogP contribution in [0, 0.1) is 5.92 Å². The Kier molecular flexibility index (Phi) is 4.63. The molecule has 2 fully saturated rings. The lowest BCUT2D eigenvalue weighted by Gasteiger charge is -2.34. The first-order chi connectivity index (χ1) is 10.2. The van der Waals surface area contributed by atoms with Crippen molar-refractivity contribution in [2.45, 2.75) is 89.0 Å². The van der Waals surface area contributed by atoms with Gasteiger partial charge >= 0.3 is 0 Å². The summed E-state index contributed by atoms with van der Waals surface area (Å²) in [4.78, 5) is 4.72. The summed E-state index contributed by atoms with van der Waals surface area (Å²) in [6.07, 6.45) is 13.3. The van der Waals surface area contributed by atoms with Crippen molar-refractivity contribution >= 4 is 0 Å². The van der Waals surface area contributed by atoms with E-state index < -0.39 is 0 Å². The van der Waals surface area contributed by atoms with E-state index in [-0.39, 0.29) is 5.54 Å². The van der Waals surface area contributed by atoms with Crippen molar-refractivity contribution in [3.63, 3.8) is 0 Å². The number of nitrogens with zero attached hydrogens (tertiary/aromatic N) is 2. The average Bonchev–Trinajstić information content (AvgIpc) is 2.85. The molecule has 4 heteroatoms. The Hall–Kier alpha value is -0.900. The van der Waals surface area contributed by atoms with Gasteiger partial charge in [0.2, 0.25) is 5.89 Å². The molecule has 2 aliphatic carbocycles. The summed E-state index contributed by atoms with van der Waals surface area (Å²) in [7, 11) is 0. The molecule has 1 aromatic rings. The first-order valence-corrected chi connectivity index (χ1v) is 8.84. The Morgan fingerprint density at radius 3 is 2.38 bits per heavy atom. The molecule has 0 atom stereocenters. The van der Waals surface area contributed by atoms with Crippen LogP contribution in [0.3, 0.4) is 0 Å². The lowest BCUT2D eigenvalue weighted by Crippen LogP contribution is -2.41. The number of hydrogen-bond acceptors (Lipinski definition) is 4. The molecule has 4 nitrogen and oxygen atoms in total. The van der Waals surface area contributed by atoms with Gasteiger partial charge in [-0.05, 0) is 44.4 Å². The summed E-state index contributed by atoms with van der Waals surface area (Å²) >= 11 is 0. The predicted octanol–water partition coefficient (Wildman–Crippen LogP) is 4.26. The zero-order valence-electron chi connectivity index (χ0n) is 13.3. The van der Waals surface area contributed by atoms with Gasteiger partial charge < -0.3 is 10.3 Å². The van der Waals surface area contributed by atoms with Crippen LogP contribution in [-0.2, 0) is 5.54 Å². The SMILES string of the molecule is CCC1CCC(N)(c2noc(C3CCCCCC3)n2)CC1. The molecule has 0 bridgehead atoms. The zero-order valence-corrected chi connectivity index (χ0v) is 13.3. The summed E-state index contributed by atoms with van der Waals surface area (Å²) in [6, 6.07) is 0. The molecule has 0 saturated heterocycles. The Bertz CT molecular complexity index is 441. The van der Waals surface area contributed by atoms with Crippen LogP contribution in [0.1, 0.15) is 95.2 Å². The van der Waals surface area contributed by atoms with Gasteiger partial charge in [0, 0.05) is 5.92 Å². The van der Waals surface area contributed by atoms with Gasteiger partial charge in [-0.15, -0.1) is 0 Å². The molecule has 0 unspecified atom stereocenters. The van der Waals surface area contributed by atoms with Gasteiger partial charge in [-0.25, -0.2) is 0 Å². The average molecular weight is 291 g/mol. The first kappa shape index (κ1) is 15.0. The van der Waals surface area contributed by atoms with Crippen molar-refractivity contribution in [3.05, 3.63) is 11.7 Å². The molecular weight excluding hydrogens is 262 g/mol. The number of hydrogen-bond donors (Lipinski definition) is 1. The summed E-state index contributed by atoms with van der Waals surface area (Å²) in [5, 5.41) is 4.26. The highest BCUT2D eigenvalue weighted by Gasteiger charge is 2.37. The van der Waals surface area contributed by atoms with Crippen LogP contribution < -0.4 is 5.73 Å². The number of aromatic nitrogens is 2. The molecule has 1 aromatic heterocycles. The topological polar surface area (TPSA) is 64.9 Å². The van der Waals surface area contributed by atoms with Gasteiger partial charge in [-0.2, -0.15) is 4.98 Å². The highest BCUT2D eigenvalue weighted by molar-refractivity contribution is 5.07. The molecule has 2 aliphatic rings. The van der Waals surface area contributed by atoms with Gasteiger partial charge in [0.25, 0.3) is 0 Å². The van der Waals surface area contributed by atoms with E-state index >= 15 is 0 Å². The predicted molar refractivity (Wildman–Crippen MR) is 82.9 cm³/mol. The van der Waals surface area contributed by atoms with Crippen LogP contribution >= 0.6 is 0 Å². The largest absolute Gasteiger partial charge is 0.339 e. The third-order valence-electron chi connectivity index (χ3n) is 5.67. The van der Waals surface area contributed by atoms with Crippen LogP contribution in [0.2, 0.25) is 0 Å². The highest BCUT2D eigenvalue weighted by atomic mass is 16.5. The maximum absolute atomic E-state index is 6.59. The molecule has 21 heavy (non-hydrogen) atoms. The molecular formula is C17H29N3O. The second-order valence-electron chi connectivity index (χ2n) is 7.15. The molecule has 2 N–H and O–H groups in total. The monoisotopic (exact) mass is 291 g/mol. The van der Waals surface area contributed by atoms with Crippen LogP contribution in [0.5, 0.6) is 0 Å². The number of nitrogens with two attached hydrogens (primary N) is 1. The smallest absolute Gasteiger partial charge is 0.229 e. The fourth-order valence-electron chi connectivity index (χ4n) is 3.95. The summed E-state index contributed by atoms with van der Waals surface area (Å²) < 4.78 is 5.59. The summed E-state index contributed by atoms with van der Waals surface area (Å²) in [5.41, 5.74) is 6.24. The Balaban J connectivity index is 1.69. The Morgan fingerprint density at radius 2 is 1.76 bits per heavy atom. The normalized spacial score (nSPS) is 32.0. The summed E-state index contributed by atoms with van der Waals surface area (Å²) in [5.74, 6) is 2.89. The number of rotatable bonds is 3. The van der Waals surface area contributed by atoms with Gasteiger partial charge in [-0.1, -0.05) is 44.2 Å². The van der Waals surface area contributed by atoms with Gasteiger partial charge in [-0.3, -0.25) is 0 Å². The van der Waals surface area contributed by atoms with E-state index in [1.807, 2.05) is 0 Å². The minimum absolute atomic E-state index is 0.349. The lowest BCUT2D eigenvalue weighted by molar-refractivity contribution is 0.216. The van der Waals surface area contributed by atoms with Gasteiger partial charge in [0.05, 0.1) is 5.54 Å². The van der Waals surface area contributed by atoms with Crippen LogP contribution in [0.15, 0.2) is 4.52 Å². The second kappa shape index (κ2) is 6.47. The molecule has 3 rings (SSSR count). The van der Waals surface area contributed by atoms with E-state index in [1.165, 1.54) is 57.8 Å². The first-order valence-electron chi connectivity index (χ1n) is 8.84. The van der Waals surface area contributed by atoms with Crippen LogP contribution in [0.25, 0.3) is 0 Å². The molecule has 1 heterocycles. The van der Waals surface area contributed by atoms with Crippen molar-refractivity contribution in [3.8, 4) is 0 Å². The van der Waals surface area contributed by atoms with E-state index in [1.54, 1.807) is 0 Å². The molecule has 0 radical (unpaired) electrons. The minimum atomic E-state index is -0.349. The van der Waals surface area contributed by atoms with E-state index in [9.17, 15) is 0 Å². The van der Waals surface area contributed by atoms with Crippen molar-refractivity contribution in [2.75, 3.05) is 0 Å². The van der Waals surface area contributed by atoms with E-state index in [0.717, 1.165) is 30.5 Å². The van der Waals surface area contributed by atoms with Crippen molar-refractivity contribution in [1.82, 2.24) is 10.1 Å². The zero-order chi connectivity index (χ0) is 14.7. The fraction of sp³-hybridized carbons (Fsp3) is 0.882. The molecule has 0 aromatic carbocycles. The van der Waals surface area contributed by atoms with Gasteiger partial charge in [0.1, 0.15) is 0 Å². The van der Waals surface area contributed by atoms with Crippen molar-refractivity contribution in [2.24, 2.45) is 11.7 Å². The summed E-state index contributed by atoms with van der Waals surface area (Å²) in [6.45, 7) is 2.27. The minimum Gasteiger partial charge on any atom is -0.339 e. The molecule has 0 aliphatic heterocycles. The van der Waals surface area contributed by atoms with Crippen molar-refractivity contribution < 1.29 is 4.52 Å².